The van der Waals surface area contributed by atoms with Crippen molar-refractivity contribution in [2.24, 2.45) is 5.92 Å². The molecule has 3 heteroatoms. The fourth-order valence-electron chi connectivity index (χ4n) is 2.51. The zero-order chi connectivity index (χ0) is 10.7. The van der Waals surface area contributed by atoms with Crippen molar-refractivity contribution in [1.29, 1.82) is 0 Å². The molecule has 1 aliphatic carbocycles. The molecule has 0 aliphatic heterocycles. The molecule has 1 heterocycles. The van der Waals surface area contributed by atoms with Crippen molar-refractivity contribution in [1.82, 2.24) is 15.1 Å². The Morgan fingerprint density at radius 1 is 1.53 bits per heavy atom. The molecular weight excluding hydrogens is 186 g/mol. The van der Waals surface area contributed by atoms with Gasteiger partial charge in [-0.1, -0.05) is 19.8 Å². The van der Waals surface area contributed by atoms with Gasteiger partial charge in [0.1, 0.15) is 0 Å². The van der Waals surface area contributed by atoms with Crippen LogP contribution in [-0.2, 0) is 6.54 Å². The van der Waals surface area contributed by atoms with Crippen LogP contribution in [-0.4, -0.2) is 16.8 Å². The van der Waals surface area contributed by atoms with E-state index < -0.39 is 0 Å². The van der Waals surface area contributed by atoms with Crippen molar-refractivity contribution in [3.05, 3.63) is 18.0 Å². The van der Waals surface area contributed by atoms with Crippen LogP contribution in [0.15, 0.2) is 12.4 Å². The molecule has 1 fully saturated rings. The first-order chi connectivity index (χ1) is 7.29. The molecule has 0 saturated heterocycles. The van der Waals surface area contributed by atoms with Crippen LogP contribution >= 0.6 is 0 Å². The van der Waals surface area contributed by atoms with E-state index in [2.05, 4.69) is 28.2 Å². The highest BCUT2D eigenvalue weighted by Gasteiger charge is 2.20. The van der Waals surface area contributed by atoms with E-state index in [0.29, 0.717) is 6.04 Å². The number of nitrogens with one attached hydrogen (secondary N) is 1. The highest BCUT2D eigenvalue weighted by atomic mass is 15.3. The van der Waals surface area contributed by atoms with E-state index in [0.717, 1.165) is 12.5 Å². The molecule has 0 bridgehead atoms. The maximum Gasteiger partial charge on any atom is 0.0534 e. The second-order valence-corrected chi connectivity index (χ2v) is 4.78. The molecular formula is C12H21N3. The molecule has 2 unspecified atom stereocenters. The van der Waals surface area contributed by atoms with E-state index in [1.807, 2.05) is 13.2 Å². The third-order valence-corrected chi connectivity index (χ3v) is 3.32. The number of nitrogens with zero attached hydrogens (tertiary/aromatic N) is 2. The Bertz CT molecular complexity index is 306. The predicted molar refractivity (Wildman–Crippen MR) is 61.7 cm³/mol. The van der Waals surface area contributed by atoms with Gasteiger partial charge in [0.15, 0.2) is 0 Å². The summed E-state index contributed by atoms with van der Waals surface area (Å²) in [5.74, 6) is 0.862. The Kier molecular flexibility index (Phi) is 3.41. The van der Waals surface area contributed by atoms with Gasteiger partial charge in [0, 0.05) is 18.3 Å². The van der Waals surface area contributed by atoms with Crippen LogP contribution < -0.4 is 5.32 Å². The molecule has 0 spiro atoms. The monoisotopic (exact) mass is 207 g/mol. The molecule has 3 nitrogen and oxygen atoms in total. The molecule has 1 N–H and O–H groups in total. The Morgan fingerprint density at radius 3 is 3.13 bits per heavy atom. The summed E-state index contributed by atoms with van der Waals surface area (Å²) in [4.78, 5) is 0. The Hall–Kier alpha value is -0.830. The maximum atomic E-state index is 4.47. The first kappa shape index (κ1) is 10.7. The highest BCUT2D eigenvalue weighted by Crippen LogP contribution is 2.31. The fraction of sp³-hybridized carbons (Fsp3) is 0.750. The van der Waals surface area contributed by atoms with Crippen molar-refractivity contribution in [3.63, 3.8) is 0 Å². The summed E-state index contributed by atoms with van der Waals surface area (Å²) in [6.07, 6.45) is 9.51. The van der Waals surface area contributed by atoms with E-state index in [-0.39, 0.29) is 0 Å². The smallest absolute Gasteiger partial charge is 0.0534 e. The number of hydrogen-bond acceptors (Lipinski definition) is 2. The second-order valence-electron chi connectivity index (χ2n) is 4.78. The lowest BCUT2D eigenvalue weighted by atomic mass is 9.87. The molecule has 1 saturated carbocycles. The van der Waals surface area contributed by atoms with Crippen LogP contribution in [0.25, 0.3) is 0 Å². The number of aromatic nitrogens is 2. The Morgan fingerprint density at radius 2 is 2.40 bits per heavy atom. The average molecular weight is 207 g/mol. The van der Waals surface area contributed by atoms with Gasteiger partial charge in [-0.05, 0) is 25.8 Å². The van der Waals surface area contributed by atoms with Crippen molar-refractivity contribution >= 4 is 0 Å². The molecule has 2 rings (SSSR count). The third kappa shape index (κ3) is 2.59. The van der Waals surface area contributed by atoms with Crippen molar-refractivity contribution < 1.29 is 0 Å². The van der Waals surface area contributed by atoms with Crippen LogP contribution in [0.3, 0.4) is 0 Å². The highest BCUT2D eigenvalue weighted by molar-refractivity contribution is 5.04. The Labute approximate surface area is 91.9 Å². The van der Waals surface area contributed by atoms with E-state index >= 15 is 0 Å². The van der Waals surface area contributed by atoms with Crippen LogP contribution in [0.5, 0.6) is 0 Å². The molecule has 1 aromatic rings. The number of hydrogen-bond donors (Lipinski definition) is 1. The van der Waals surface area contributed by atoms with Crippen LogP contribution in [0.2, 0.25) is 0 Å². The van der Waals surface area contributed by atoms with Crippen molar-refractivity contribution in [2.75, 3.05) is 7.05 Å². The lowest BCUT2D eigenvalue weighted by molar-refractivity contribution is 0.266. The van der Waals surface area contributed by atoms with Gasteiger partial charge in [-0.3, -0.25) is 4.68 Å². The minimum atomic E-state index is 0.638. The fourth-order valence-corrected chi connectivity index (χ4v) is 2.51. The second kappa shape index (κ2) is 4.79. The summed E-state index contributed by atoms with van der Waals surface area (Å²) >= 11 is 0. The molecule has 0 aromatic carbocycles. The van der Waals surface area contributed by atoms with Gasteiger partial charge in [-0.25, -0.2) is 0 Å². The summed E-state index contributed by atoms with van der Waals surface area (Å²) in [5.41, 5.74) is 1.29. The molecule has 1 aromatic heterocycles. The average Bonchev–Trinajstić information content (AvgIpc) is 2.67. The predicted octanol–water partition coefficient (Wildman–Crippen LogP) is 2.35. The molecule has 15 heavy (non-hydrogen) atoms. The lowest BCUT2D eigenvalue weighted by Gasteiger charge is -2.26. The maximum absolute atomic E-state index is 4.47. The molecule has 2 atom stereocenters. The van der Waals surface area contributed by atoms with Gasteiger partial charge in [-0.15, -0.1) is 0 Å². The molecule has 84 valence electrons. The standard InChI is InChI=1S/C12H21N3/c1-10-4-3-5-12(6-10)15-9-11(7-13-2)8-14-15/h8-10,12-13H,3-7H2,1-2H3. The third-order valence-electron chi connectivity index (χ3n) is 3.32. The zero-order valence-electron chi connectivity index (χ0n) is 9.74. The lowest BCUT2D eigenvalue weighted by Crippen LogP contribution is -2.18. The molecule has 0 amide bonds. The van der Waals surface area contributed by atoms with Crippen LogP contribution in [0, 0.1) is 5.92 Å². The van der Waals surface area contributed by atoms with Crippen molar-refractivity contribution in [2.45, 2.75) is 45.2 Å². The molecule has 0 radical (unpaired) electrons. The largest absolute Gasteiger partial charge is 0.316 e. The summed E-state index contributed by atoms with van der Waals surface area (Å²) in [7, 11) is 1.97. The summed E-state index contributed by atoms with van der Waals surface area (Å²) in [6, 6.07) is 0.638. The van der Waals surface area contributed by atoms with E-state index in [4.69, 9.17) is 0 Å². The van der Waals surface area contributed by atoms with Crippen LogP contribution in [0.4, 0.5) is 0 Å². The first-order valence-corrected chi connectivity index (χ1v) is 5.97. The minimum absolute atomic E-state index is 0.638. The van der Waals surface area contributed by atoms with E-state index in [1.54, 1.807) is 0 Å². The zero-order valence-corrected chi connectivity index (χ0v) is 9.74. The summed E-state index contributed by atoms with van der Waals surface area (Å²) in [6.45, 7) is 3.27. The minimum Gasteiger partial charge on any atom is -0.316 e. The SMILES string of the molecule is CNCc1cnn(C2CCCC(C)C2)c1. The van der Waals surface area contributed by atoms with E-state index in [1.165, 1.54) is 31.2 Å². The topological polar surface area (TPSA) is 29.9 Å². The normalized spacial score (nSPS) is 26.8. The van der Waals surface area contributed by atoms with Crippen molar-refractivity contribution in [3.8, 4) is 0 Å². The van der Waals surface area contributed by atoms with Gasteiger partial charge in [0.2, 0.25) is 0 Å². The quantitative estimate of drug-likeness (QED) is 0.824. The van der Waals surface area contributed by atoms with Gasteiger partial charge < -0.3 is 5.32 Å². The van der Waals surface area contributed by atoms with Crippen LogP contribution in [0.1, 0.15) is 44.2 Å². The van der Waals surface area contributed by atoms with Gasteiger partial charge in [0.05, 0.1) is 12.2 Å². The van der Waals surface area contributed by atoms with Gasteiger partial charge >= 0.3 is 0 Å². The Balaban J connectivity index is 2.01. The summed E-state index contributed by atoms with van der Waals surface area (Å²) < 4.78 is 2.17. The first-order valence-electron chi connectivity index (χ1n) is 5.97. The molecule has 1 aliphatic rings. The van der Waals surface area contributed by atoms with E-state index in [9.17, 15) is 0 Å². The summed E-state index contributed by atoms with van der Waals surface area (Å²) in [5, 5.41) is 7.63. The van der Waals surface area contributed by atoms with Gasteiger partial charge in [-0.2, -0.15) is 5.10 Å². The van der Waals surface area contributed by atoms with Gasteiger partial charge in [0.25, 0.3) is 0 Å². The number of rotatable bonds is 3.